The van der Waals surface area contributed by atoms with E-state index in [4.69, 9.17) is 4.74 Å². The number of amides is 1. The summed E-state index contributed by atoms with van der Waals surface area (Å²) in [6.07, 6.45) is 0.538. The largest absolute Gasteiger partial charge is 0.496 e. The summed E-state index contributed by atoms with van der Waals surface area (Å²) >= 11 is 0. The van der Waals surface area contributed by atoms with E-state index in [1.165, 1.54) is 10.7 Å². The number of nitrogens with zero attached hydrogens (tertiary/aromatic N) is 3. The molecule has 0 radical (unpaired) electrons. The van der Waals surface area contributed by atoms with Crippen molar-refractivity contribution in [3.05, 3.63) is 46.8 Å². The second-order valence-corrected chi connectivity index (χ2v) is 6.75. The Morgan fingerprint density at radius 2 is 1.96 bits per heavy atom. The maximum absolute atomic E-state index is 12.2. The Kier molecular flexibility index (Phi) is 4.88. The van der Waals surface area contributed by atoms with E-state index in [1.54, 1.807) is 18.1 Å². The second kappa shape index (κ2) is 7.09. The Labute approximate surface area is 147 Å². The second-order valence-electron chi connectivity index (χ2n) is 6.75. The normalized spacial score (nSPS) is 14.5. The van der Waals surface area contributed by atoms with Gasteiger partial charge in [0.15, 0.2) is 0 Å². The Hall–Kier alpha value is -2.63. The van der Waals surface area contributed by atoms with Gasteiger partial charge in [-0.1, -0.05) is 26.0 Å². The monoisotopic (exact) mass is 341 g/mol. The molecule has 1 aliphatic heterocycles. The molecule has 1 amide bonds. The summed E-state index contributed by atoms with van der Waals surface area (Å²) in [4.78, 5) is 26.1. The summed E-state index contributed by atoms with van der Waals surface area (Å²) in [5.41, 5.74) is 1.37. The topological polar surface area (TPSA) is 64.4 Å². The lowest BCUT2D eigenvalue weighted by Crippen LogP contribution is -2.53. The highest BCUT2D eigenvalue weighted by Gasteiger charge is 2.33. The van der Waals surface area contributed by atoms with Crippen molar-refractivity contribution in [1.82, 2.24) is 14.7 Å². The van der Waals surface area contributed by atoms with Crippen LogP contribution in [0.15, 0.2) is 41.2 Å². The van der Waals surface area contributed by atoms with Gasteiger partial charge in [0, 0.05) is 31.1 Å². The molecule has 2 heterocycles. The molecule has 0 spiro atoms. The molecule has 1 fully saturated rings. The molecule has 6 heteroatoms. The summed E-state index contributed by atoms with van der Waals surface area (Å²) in [7, 11) is 1.61. The van der Waals surface area contributed by atoms with Crippen LogP contribution in [0.25, 0.3) is 11.3 Å². The van der Waals surface area contributed by atoms with Crippen molar-refractivity contribution in [3.63, 3.8) is 0 Å². The zero-order chi connectivity index (χ0) is 18.0. The van der Waals surface area contributed by atoms with Crippen molar-refractivity contribution in [2.45, 2.75) is 26.3 Å². The first-order valence-electron chi connectivity index (χ1n) is 8.50. The number of aromatic nitrogens is 2. The highest BCUT2D eigenvalue weighted by molar-refractivity contribution is 5.77. The fourth-order valence-corrected chi connectivity index (χ4v) is 2.98. The third kappa shape index (κ3) is 3.57. The van der Waals surface area contributed by atoms with Gasteiger partial charge in [0.1, 0.15) is 5.75 Å². The molecule has 0 saturated carbocycles. The average Bonchev–Trinajstić information content (AvgIpc) is 2.54. The standard InChI is InChI=1S/C19H23N3O3/c1-13(2)10-19(24)21-11-14(12-21)22-18(23)9-8-16(20-22)15-6-4-5-7-17(15)25-3/h4-9,13-14H,10-12H2,1-3H3. The van der Waals surface area contributed by atoms with Gasteiger partial charge in [0.25, 0.3) is 5.56 Å². The zero-order valence-electron chi connectivity index (χ0n) is 14.8. The summed E-state index contributed by atoms with van der Waals surface area (Å²) in [5.74, 6) is 1.18. The zero-order valence-corrected chi connectivity index (χ0v) is 14.8. The quantitative estimate of drug-likeness (QED) is 0.837. The molecule has 3 rings (SSSR count). The first-order valence-corrected chi connectivity index (χ1v) is 8.50. The van der Waals surface area contributed by atoms with Crippen molar-refractivity contribution in [3.8, 4) is 17.0 Å². The molecule has 0 bridgehead atoms. The fraction of sp³-hybridized carbons (Fsp3) is 0.421. The van der Waals surface area contributed by atoms with Crippen molar-refractivity contribution >= 4 is 5.91 Å². The van der Waals surface area contributed by atoms with Crippen LogP contribution >= 0.6 is 0 Å². The molecule has 1 aromatic carbocycles. The smallest absolute Gasteiger partial charge is 0.267 e. The molecule has 0 N–H and O–H groups in total. The van der Waals surface area contributed by atoms with Gasteiger partial charge in [-0.2, -0.15) is 5.10 Å². The Morgan fingerprint density at radius 3 is 2.64 bits per heavy atom. The number of hydrogen-bond acceptors (Lipinski definition) is 4. The minimum atomic E-state index is -0.153. The van der Waals surface area contributed by atoms with Gasteiger partial charge in [-0.25, -0.2) is 4.68 Å². The van der Waals surface area contributed by atoms with E-state index in [0.29, 0.717) is 36.9 Å². The van der Waals surface area contributed by atoms with Crippen LogP contribution in [-0.2, 0) is 4.79 Å². The van der Waals surface area contributed by atoms with Crippen LogP contribution in [0.2, 0.25) is 0 Å². The minimum absolute atomic E-state index is 0.0710. The number of carbonyl (C=O) groups excluding carboxylic acids is 1. The number of methoxy groups -OCH3 is 1. The summed E-state index contributed by atoms with van der Waals surface area (Å²) in [6.45, 7) is 5.12. The lowest BCUT2D eigenvalue weighted by molar-refractivity contribution is -0.138. The molecule has 2 aromatic rings. The van der Waals surface area contributed by atoms with Gasteiger partial charge in [0.05, 0.1) is 18.8 Å². The third-order valence-corrected chi connectivity index (χ3v) is 4.35. The van der Waals surface area contributed by atoms with Crippen molar-refractivity contribution in [1.29, 1.82) is 0 Å². The number of benzene rings is 1. The van der Waals surface area contributed by atoms with Crippen LogP contribution in [0.4, 0.5) is 0 Å². The van der Waals surface area contributed by atoms with Crippen LogP contribution in [0.3, 0.4) is 0 Å². The summed E-state index contributed by atoms with van der Waals surface area (Å²) in [5, 5.41) is 4.51. The first-order chi connectivity index (χ1) is 12.0. The summed E-state index contributed by atoms with van der Waals surface area (Å²) < 4.78 is 6.86. The Bertz CT molecular complexity index is 823. The number of para-hydroxylation sites is 1. The van der Waals surface area contributed by atoms with E-state index in [2.05, 4.69) is 5.10 Å². The van der Waals surface area contributed by atoms with E-state index in [1.807, 2.05) is 38.1 Å². The molecule has 1 aliphatic rings. The summed E-state index contributed by atoms with van der Waals surface area (Å²) in [6, 6.07) is 10.7. The van der Waals surface area contributed by atoms with Crippen molar-refractivity contribution in [2.24, 2.45) is 5.92 Å². The van der Waals surface area contributed by atoms with Crippen LogP contribution in [0.5, 0.6) is 5.75 Å². The number of ether oxygens (including phenoxy) is 1. The van der Waals surface area contributed by atoms with Gasteiger partial charge in [-0.3, -0.25) is 9.59 Å². The molecule has 0 atom stereocenters. The van der Waals surface area contributed by atoms with Crippen molar-refractivity contribution < 1.29 is 9.53 Å². The minimum Gasteiger partial charge on any atom is -0.496 e. The third-order valence-electron chi connectivity index (χ3n) is 4.35. The number of rotatable bonds is 5. The first kappa shape index (κ1) is 17.2. The molecule has 0 aliphatic carbocycles. The maximum atomic E-state index is 12.2. The molecular weight excluding hydrogens is 318 g/mol. The lowest BCUT2D eigenvalue weighted by Gasteiger charge is -2.39. The predicted octanol–water partition coefficient (Wildman–Crippen LogP) is 2.35. The molecule has 1 aromatic heterocycles. The van der Waals surface area contributed by atoms with Gasteiger partial charge >= 0.3 is 0 Å². The number of carbonyl (C=O) groups is 1. The molecule has 132 valence electrons. The fourth-order valence-electron chi connectivity index (χ4n) is 2.98. The molecule has 1 saturated heterocycles. The van der Waals surface area contributed by atoms with Crippen LogP contribution in [0, 0.1) is 5.92 Å². The van der Waals surface area contributed by atoms with E-state index in [0.717, 1.165) is 5.56 Å². The van der Waals surface area contributed by atoms with E-state index < -0.39 is 0 Å². The molecule has 25 heavy (non-hydrogen) atoms. The van der Waals surface area contributed by atoms with Crippen LogP contribution in [0.1, 0.15) is 26.3 Å². The Morgan fingerprint density at radius 1 is 1.24 bits per heavy atom. The Balaban J connectivity index is 1.80. The average molecular weight is 341 g/mol. The predicted molar refractivity (Wildman–Crippen MR) is 95.6 cm³/mol. The van der Waals surface area contributed by atoms with E-state index >= 15 is 0 Å². The van der Waals surface area contributed by atoms with E-state index in [-0.39, 0.29) is 17.5 Å². The van der Waals surface area contributed by atoms with Gasteiger partial charge < -0.3 is 9.64 Å². The van der Waals surface area contributed by atoms with E-state index in [9.17, 15) is 9.59 Å². The molecular formula is C19H23N3O3. The number of likely N-dealkylation sites (tertiary alicyclic amines) is 1. The van der Waals surface area contributed by atoms with Gasteiger partial charge in [0.2, 0.25) is 5.91 Å². The van der Waals surface area contributed by atoms with Crippen LogP contribution < -0.4 is 10.3 Å². The SMILES string of the molecule is COc1ccccc1-c1ccc(=O)n(C2CN(C(=O)CC(C)C)C2)n1. The lowest BCUT2D eigenvalue weighted by atomic mass is 10.0. The highest BCUT2D eigenvalue weighted by atomic mass is 16.5. The van der Waals surface area contributed by atoms with Gasteiger partial charge in [-0.05, 0) is 24.1 Å². The molecule has 6 nitrogen and oxygen atoms in total. The number of hydrogen-bond donors (Lipinski definition) is 0. The van der Waals surface area contributed by atoms with Gasteiger partial charge in [-0.15, -0.1) is 0 Å². The van der Waals surface area contributed by atoms with Crippen molar-refractivity contribution in [2.75, 3.05) is 20.2 Å². The molecule has 0 unspecified atom stereocenters. The highest BCUT2D eigenvalue weighted by Crippen LogP contribution is 2.28. The maximum Gasteiger partial charge on any atom is 0.267 e. The van der Waals surface area contributed by atoms with Crippen LogP contribution in [-0.4, -0.2) is 40.8 Å².